The van der Waals surface area contributed by atoms with Gasteiger partial charge in [0.2, 0.25) is 0 Å². The van der Waals surface area contributed by atoms with Gasteiger partial charge in [0.05, 0.1) is 5.56 Å². The average molecular weight is 375 g/mol. The van der Waals surface area contributed by atoms with Gasteiger partial charge in [0.25, 0.3) is 0 Å². The van der Waals surface area contributed by atoms with Gasteiger partial charge in [-0.2, -0.15) is 0 Å². The first kappa shape index (κ1) is 15.5. The van der Waals surface area contributed by atoms with Crippen molar-refractivity contribution in [1.29, 1.82) is 0 Å². The fourth-order valence-corrected chi connectivity index (χ4v) is 1.67. The smallest absolute Gasteiger partial charge is 0.340 e. The third-order valence-corrected chi connectivity index (χ3v) is 2.80. The highest BCUT2D eigenvalue weighted by atomic mass is 127. The molecule has 6 heteroatoms. The predicted molar refractivity (Wildman–Crippen MR) is 79.6 cm³/mol. The molecule has 0 aliphatic carbocycles. The molecule has 0 saturated heterocycles. The van der Waals surface area contributed by atoms with E-state index in [1.54, 1.807) is 25.1 Å². The molecule has 0 bridgehead atoms. The third-order valence-electron chi connectivity index (χ3n) is 2.13. The van der Waals surface area contributed by atoms with E-state index in [1.807, 2.05) is 0 Å². The van der Waals surface area contributed by atoms with Gasteiger partial charge in [-0.25, -0.2) is 9.59 Å². The summed E-state index contributed by atoms with van der Waals surface area (Å²) in [5.41, 5.74) is 6.64. The van der Waals surface area contributed by atoms with Gasteiger partial charge in [0, 0.05) is 14.8 Å². The van der Waals surface area contributed by atoms with Crippen LogP contribution in [-0.4, -0.2) is 25.2 Å². The molecule has 19 heavy (non-hydrogen) atoms. The van der Waals surface area contributed by atoms with E-state index < -0.39 is 11.9 Å². The molecule has 0 heterocycles. The molecule has 0 fully saturated rings. The second kappa shape index (κ2) is 7.13. The van der Waals surface area contributed by atoms with Crippen LogP contribution < -0.4 is 5.73 Å². The van der Waals surface area contributed by atoms with Crippen LogP contribution in [0.1, 0.15) is 17.3 Å². The van der Waals surface area contributed by atoms with E-state index in [-0.39, 0.29) is 13.2 Å². The minimum absolute atomic E-state index is 0.0126. The fourth-order valence-electron chi connectivity index (χ4n) is 1.17. The molecular weight excluding hydrogens is 361 g/mol. The fraction of sp³-hybridized carbons (Fsp3) is 0.231. The van der Waals surface area contributed by atoms with Crippen molar-refractivity contribution in [3.8, 4) is 0 Å². The van der Waals surface area contributed by atoms with E-state index in [0.717, 1.165) is 3.57 Å². The summed E-state index contributed by atoms with van der Waals surface area (Å²) in [5.74, 6) is -1.05. The molecule has 0 aliphatic heterocycles. The van der Waals surface area contributed by atoms with Crippen LogP contribution in [0.4, 0.5) is 5.69 Å². The third kappa shape index (κ3) is 4.90. The highest BCUT2D eigenvalue weighted by Crippen LogP contribution is 2.16. The normalized spacial score (nSPS) is 9.79. The average Bonchev–Trinajstić information content (AvgIpc) is 2.36. The number of anilines is 1. The molecule has 1 aromatic carbocycles. The first-order chi connectivity index (χ1) is 8.91. The molecule has 1 rings (SSSR count). The van der Waals surface area contributed by atoms with Crippen molar-refractivity contribution >= 4 is 40.2 Å². The lowest BCUT2D eigenvalue weighted by Crippen LogP contribution is -2.15. The standard InChI is InChI=1S/C13H14INO4/c1-8(2)12(16)18-5-6-19-13(17)10-7-9(14)3-4-11(10)15/h3-4,7H,1,5-6,15H2,2H3. The molecule has 0 aromatic heterocycles. The number of rotatable bonds is 5. The molecular formula is C13H14INO4. The summed E-state index contributed by atoms with van der Waals surface area (Å²) >= 11 is 2.07. The molecule has 0 unspecified atom stereocenters. The van der Waals surface area contributed by atoms with Crippen LogP contribution in [0.3, 0.4) is 0 Å². The molecule has 0 spiro atoms. The minimum Gasteiger partial charge on any atom is -0.459 e. The zero-order valence-corrected chi connectivity index (χ0v) is 12.6. The van der Waals surface area contributed by atoms with E-state index in [9.17, 15) is 9.59 Å². The number of esters is 2. The summed E-state index contributed by atoms with van der Waals surface area (Å²) in [6.45, 7) is 4.94. The maximum atomic E-state index is 11.7. The Morgan fingerprint density at radius 1 is 1.32 bits per heavy atom. The summed E-state index contributed by atoms with van der Waals surface area (Å²) in [6, 6.07) is 5.07. The van der Waals surface area contributed by atoms with Crippen LogP contribution in [0.5, 0.6) is 0 Å². The van der Waals surface area contributed by atoms with Crippen LogP contribution in [0.2, 0.25) is 0 Å². The number of nitrogens with two attached hydrogens (primary N) is 1. The number of halogens is 1. The zero-order valence-electron chi connectivity index (χ0n) is 10.4. The van der Waals surface area contributed by atoms with Gasteiger partial charge in [0.15, 0.2) is 0 Å². The molecule has 0 saturated carbocycles. The van der Waals surface area contributed by atoms with Gasteiger partial charge >= 0.3 is 11.9 Å². The van der Waals surface area contributed by atoms with Crippen molar-refractivity contribution < 1.29 is 19.1 Å². The Kier molecular flexibility index (Phi) is 5.81. The maximum absolute atomic E-state index is 11.7. The number of hydrogen-bond acceptors (Lipinski definition) is 5. The van der Waals surface area contributed by atoms with E-state index in [0.29, 0.717) is 16.8 Å². The Hall–Kier alpha value is -1.57. The van der Waals surface area contributed by atoms with Crippen molar-refractivity contribution in [3.63, 3.8) is 0 Å². The number of benzene rings is 1. The van der Waals surface area contributed by atoms with Crippen molar-refractivity contribution in [2.45, 2.75) is 6.92 Å². The quantitative estimate of drug-likeness (QED) is 0.281. The van der Waals surface area contributed by atoms with Gasteiger partial charge in [-0.05, 0) is 47.7 Å². The molecule has 0 atom stereocenters. The Bertz CT molecular complexity index is 513. The number of carbonyl (C=O) groups excluding carboxylic acids is 2. The van der Waals surface area contributed by atoms with Crippen molar-refractivity contribution in [2.24, 2.45) is 0 Å². The second-order valence-electron chi connectivity index (χ2n) is 3.78. The van der Waals surface area contributed by atoms with Crippen molar-refractivity contribution in [1.82, 2.24) is 0 Å². The van der Waals surface area contributed by atoms with E-state index in [2.05, 4.69) is 29.2 Å². The summed E-state index contributed by atoms with van der Waals surface area (Å²) in [6.07, 6.45) is 0. The van der Waals surface area contributed by atoms with E-state index in [4.69, 9.17) is 15.2 Å². The van der Waals surface area contributed by atoms with Crippen molar-refractivity contribution in [3.05, 3.63) is 39.5 Å². The number of carbonyl (C=O) groups is 2. The monoisotopic (exact) mass is 375 g/mol. The SMILES string of the molecule is C=C(C)C(=O)OCCOC(=O)c1cc(I)ccc1N. The number of ether oxygens (including phenoxy) is 2. The highest BCUT2D eigenvalue weighted by molar-refractivity contribution is 14.1. The maximum Gasteiger partial charge on any atom is 0.340 e. The Morgan fingerprint density at radius 2 is 1.95 bits per heavy atom. The minimum atomic E-state index is -0.539. The lowest BCUT2D eigenvalue weighted by molar-refractivity contribution is -0.140. The molecule has 1 aromatic rings. The first-order valence-electron chi connectivity index (χ1n) is 5.46. The van der Waals surface area contributed by atoms with Crippen LogP contribution in [0.15, 0.2) is 30.4 Å². The predicted octanol–water partition coefficient (Wildman–Crippen LogP) is 2.15. The topological polar surface area (TPSA) is 78.6 Å². The summed E-state index contributed by atoms with van der Waals surface area (Å²) < 4.78 is 10.6. The lowest BCUT2D eigenvalue weighted by Gasteiger charge is -2.08. The summed E-state index contributed by atoms with van der Waals surface area (Å²) in [4.78, 5) is 22.8. The Balaban J connectivity index is 2.46. The lowest BCUT2D eigenvalue weighted by atomic mass is 10.2. The summed E-state index contributed by atoms with van der Waals surface area (Å²) in [7, 11) is 0. The molecule has 0 aliphatic rings. The highest BCUT2D eigenvalue weighted by Gasteiger charge is 2.12. The molecule has 2 N–H and O–H groups in total. The van der Waals surface area contributed by atoms with Crippen LogP contribution >= 0.6 is 22.6 Å². The molecule has 0 amide bonds. The van der Waals surface area contributed by atoms with Gasteiger partial charge in [-0.1, -0.05) is 6.58 Å². The van der Waals surface area contributed by atoms with Crippen LogP contribution in [0, 0.1) is 3.57 Å². The first-order valence-corrected chi connectivity index (χ1v) is 6.54. The number of hydrogen-bond donors (Lipinski definition) is 1. The Morgan fingerprint density at radius 3 is 2.58 bits per heavy atom. The second-order valence-corrected chi connectivity index (χ2v) is 5.03. The zero-order chi connectivity index (χ0) is 14.4. The van der Waals surface area contributed by atoms with Crippen LogP contribution in [-0.2, 0) is 14.3 Å². The largest absolute Gasteiger partial charge is 0.459 e. The van der Waals surface area contributed by atoms with Crippen molar-refractivity contribution in [2.75, 3.05) is 18.9 Å². The van der Waals surface area contributed by atoms with Gasteiger partial charge < -0.3 is 15.2 Å². The summed E-state index contributed by atoms with van der Waals surface area (Å²) in [5, 5.41) is 0. The van der Waals surface area contributed by atoms with E-state index in [1.165, 1.54) is 0 Å². The van der Waals surface area contributed by atoms with E-state index >= 15 is 0 Å². The molecule has 5 nitrogen and oxygen atoms in total. The molecule has 102 valence electrons. The Labute approximate surface area is 124 Å². The van der Waals surface area contributed by atoms with Gasteiger partial charge in [-0.15, -0.1) is 0 Å². The molecule has 0 radical (unpaired) electrons. The van der Waals surface area contributed by atoms with Gasteiger partial charge in [-0.3, -0.25) is 0 Å². The van der Waals surface area contributed by atoms with Gasteiger partial charge in [0.1, 0.15) is 13.2 Å². The van der Waals surface area contributed by atoms with Crippen LogP contribution in [0.25, 0.3) is 0 Å². The number of nitrogen functional groups attached to an aromatic ring is 1.